The predicted octanol–water partition coefficient (Wildman–Crippen LogP) is 5.73. The van der Waals surface area contributed by atoms with Crippen molar-refractivity contribution in [1.82, 2.24) is 9.88 Å². The van der Waals surface area contributed by atoms with Gasteiger partial charge in [0.1, 0.15) is 5.69 Å². The maximum Gasteiger partial charge on any atom is 0.352 e. The van der Waals surface area contributed by atoms with Crippen LogP contribution in [0.2, 0.25) is 0 Å². The number of aryl methyl sites for hydroxylation is 3. The molecule has 2 N–H and O–H groups in total. The van der Waals surface area contributed by atoms with Gasteiger partial charge >= 0.3 is 5.97 Å². The first-order chi connectivity index (χ1) is 15.5. The van der Waals surface area contributed by atoms with E-state index in [1.807, 2.05) is 17.6 Å². The quantitative estimate of drug-likeness (QED) is 0.336. The zero-order chi connectivity index (χ0) is 22.5. The number of carboxylic acid groups (broad SMARTS) is 1. The monoisotopic (exact) mass is 426 g/mol. The fourth-order valence-corrected chi connectivity index (χ4v) is 4.27. The fourth-order valence-electron chi connectivity index (χ4n) is 4.27. The summed E-state index contributed by atoms with van der Waals surface area (Å²) in [7, 11) is 0. The summed E-state index contributed by atoms with van der Waals surface area (Å²) in [6.45, 7) is 6.02. The molecule has 4 rings (SSSR count). The highest BCUT2D eigenvalue weighted by molar-refractivity contribution is 5.98. The summed E-state index contributed by atoms with van der Waals surface area (Å²) >= 11 is 0. The SMILES string of the molecule is Cc1ccc(Cn2c(C(=O)O)c(CNCCCc3ccccc3)c3ccc(C)cc32)cc1. The second-order valence-electron chi connectivity index (χ2n) is 8.49. The van der Waals surface area contributed by atoms with Crippen LogP contribution in [0.1, 0.15) is 44.7 Å². The lowest BCUT2D eigenvalue weighted by molar-refractivity contribution is 0.0684. The third-order valence-electron chi connectivity index (χ3n) is 5.95. The van der Waals surface area contributed by atoms with Crippen molar-refractivity contribution in [3.63, 3.8) is 0 Å². The van der Waals surface area contributed by atoms with E-state index >= 15 is 0 Å². The van der Waals surface area contributed by atoms with E-state index in [4.69, 9.17) is 0 Å². The molecule has 3 aromatic carbocycles. The topological polar surface area (TPSA) is 54.3 Å². The molecule has 0 bridgehead atoms. The highest BCUT2D eigenvalue weighted by Gasteiger charge is 2.22. The Morgan fingerprint density at radius 2 is 1.62 bits per heavy atom. The number of fused-ring (bicyclic) bond motifs is 1. The molecule has 164 valence electrons. The Bertz CT molecular complexity index is 1210. The number of aromatic nitrogens is 1. The second-order valence-corrected chi connectivity index (χ2v) is 8.49. The Labute approximate surface area is 189 Å². The molecule has 1 aromatic heterocycles. The Kier molecular flexibility index (Phi) is 6.72. The minimum absolute atomic E-state index is 0.377. The number of benzene rings is 3. The number of carbonyl (C=O) groups is 1. The van der Waals surface area contributed by atoms with Gasteiger partial charge < -0.3 is 15.0 Å². The summed E-state index contributed by atoms with van der Waals surface area (Å²) in [6.07, 6.45) is 2.02. The van der Waals surface area contributed by atoms with Gasteiger partial charge in [0.25, 0.3) is 0 Å². The highest BCUT2D eigenvalue weighted by Crippen LogP contribution is 2.28. The molecule has 0 atom stereocenters. The minimum Gasteiger partial charge on any atom is -0.477 e. The van der Waals surface area contributed by atoms with Crippen LogP contribution in [0.5, 0.6) is 0 Å². The highest BCUT2D eigenvalue weighted by atomic mass is 16.4. The van der Waals surface area contributed by atoms with E-state index in [1.54, 1.807) is 0 Å². The number of rotatable bonds is 9. The first kappa shape index (κ1) is 21.8. The first-order valence-electron chi connectivity index (χ1n) is 11.2. The number of hydrogen-bond donors (Lipinski definition) is 2. The zero-order valence-electron chi connectivity index (χ0n) is 18.8. The molecule has 0 spiro atoms. The summed E-state index contributed by atoms with van der Waals surface area (Å²) in [5.74, 6) is -0.882. The van der Waals surface area contributed by atoms with Gasteiger partial charge in [-0.05, 0) is 56.0 Å². The molecule has 4 aromatic rings. The van der Waals surface area contributed by atoms with Crippen LogP contribution >= 0.6 is 0 Å². The van der Waals surface area contributed by atoms with Crippen LogP contribution in [0.4, 0.5) is 0 Å². The third-order valence-corrected chi connectivity index (χ3v) is 5.95. The van der Waals surface area contributed by atoms with Gasteiger partial charge in [-0.3, -0.25) is 0 Å². The van der Waals surface area contributed by atoms with Crippen LogP contribution in [0.25, 0.3) is 10.9 Å². The minimum atomic E-state index is -0.882. The molecule has 0 unspecified atom stereocenters. The molecular weight excluding hydrogens is 396 g/mol. The van der Waals surface area contributed by atoms with Gasteiger partial charge in [-0.2, -0.15) is 0 Å². The van der Waals surface area contributed by atoms with Crippen LogP contribution in [0, 0.1) is 13.8 Å². The molecule has 32 heavy (non-hydrogen) atoms. The second kappa shape index (κ2) is 9.84. The number of hydrogen-bond acceptors (Lipinski definition) is 2. The average molecular weight is 427 g/mol. The molecule has 0 aliphatic rings. The number of aromatic carboxylic acids is 1. The van der Waals surface area contributed by atoms with Crippen molar-refractivity contribution in [2.24, 2.45) is 0 Å². The Balaban J connectivity index is 1.58. The Hall–Kier alpha value is -3.37. The maximum atomic E-state index is 12.4. The molecule has 4 nitrogen and oxygen atoms in total. The van der Waals surface area contributed by atoms with E-state index in [2.05, 4.69) is 79.0 Å². The molecular formula is C28H30N2O2. The summed E-state index contributed by atoms with van der Waals surface area (Å²) in [4.78, 5) is 12.4. The first-order valence-corrected chi connectivity index (χ1v) is 11.2. The van der Waals surface area contributed by atoms with Gasteiger partial charge in [0.2, 0.25) is 0 Å². The molecule has 0 amide bonds. The standard InChI is InChI=1S/C28H30N2O2/c1-20-10-13-23(14-11-20)19-30-26-17-21(2)12-15-24(26)25(27(30)28(31)32)18-29-16-6-9-22-7-4-3-5-8-22/h3-5,7-8,10-15,17,29H,6,9,16,18-19H2,1-2H3,(H,31,32). The van der Waals surface area contributed by atoms with Crippen molar-refractivity contribution in [2.75, 3.05) is 6.54 Å². The zero-order valence-corrected chi connectivity index (χ0v) is 18.8. The Morgan fingerprint density at radius 3 is 2.34 bits per heavy atom. The molecule has 0 fully saturated rings. The summed E-state index contributed by atoms with van der Waals surface area (Å²) < 4.78 is 1.95. The molecule has 1 heterocycles. The summed E-state index contributed by atoms with van der Waals surface area (Å²) in [6, 6.07) is 24.9. The van der Waals surface area contributed by atoms with Gasteiger partial charge in [-0.25, -0.2) is 4.79 Å². The van der Waals surface area contributed by atoms with E-state index < -0.39 is 5.97 Å². The van der Waals surface area contributed by atoms with Crippen LogP contribution in [0.15, 0.2) is 72.8 Å². The summed E-state index contributed by atoms with van der Waals surface area (Å²) in [5, 5.41) is 14.6. The average Bonchev–Trinajstić information content (AvgIpc) is 3.08. The number of nitrogens with zero attached hydrogens (tertiary/aromatic N) is 1. The van der Waals surface area contributed by atoms with E-state index in [0.29, 0.717) is 18.8 Å². The lowest BCUT2D eigenvalue weighted by Crippen LogP contribution is -2.18. The molecule has 0 aliphatic carbocycles. The van der Waals surface area contributed by atoms with Crippen molar-refractivity contribution in [2.45, 2.75) is 39.8 Å². The molecule has 0 saturated heterocycles. The van der Waals surface area contributed by atoms with E-state index in [-0.39, 0.29) is 0 Å². The van der Waals surface area contributed by atoms with Crippen molar-refractivity contribution in [1.29, 1.82) is 0 Å². The van der Waals surface area contributed by atoms with Crippen molar-refractivity contribution < 1.29 is 9.90 Å². The number of nitrogens with one attached hydrogen (secondary N) is 1. The molecule has 0 aliphatic heterocycles. The molecule has 0 saturated carbocycles. The molecule has 0 radical (unpaired) electrons. The van der Waals surface area contributed by atoms with Gasteiger partial charge in [0.15, 0.2) is 0 Å². The largest absolute Gasteiger partial charge is 0.477 e. The Morgan fingerprint density at radius 1 is 0.906 bits per heavy atom. The van der Waals surface area contributed by atoms with E-state index in [1.165, 1.54) is 11.1 Å². The smallest absolute Gasteiger partial charge is 0.352 e. The van der Waals surface area contributed by atoms with Gasteiger partial charge in [0.05, 0.1) is 0 Å². The lowest BCUT2D eigenvalue weighted by Gasteiger charge is -2.10. The van der Waals surface area contributed by atoms with Crippen LogP contribution in [-0.4, -0.2) is 22.2 Å². The van der Waals surface area contributed by atoms with Crippen molar-refractivity contribution in [3.05, 3.63) is 106 Å². The normalized spacial score (nSPS) is 11.2. The molecule has 4 heteroatoms. The van der Waals surface area contributed by atoms with Crippen LogP contribution in [-0.2, 0) is 19.5 Å². The summed E-state index contributed by atoms with van der Waals surface area (Å²) in [5.41, 5.74) is 6.95. The van der Waals surface area contributed by atoms with Crippen LogP contribution in [0.3, 0.4) is 0 Å². The van der Waals surface area contributed by atoms with Crippen LogP contribution < -0.4 is 5.32 Å². The van der Waals surface area contributed by atoms with Crippen molar-refractivity contribution in [3.8, 4) is 0 Å². The van der Waals surface area contributed by atoms with Gasteiger partial charge in [-0.15, -0.1) is 0 Å². The lowest BCUT2D eigenvalue weighted by atomic mass is 10.1. The fraction of sp³-hybridized carbons (Fsp3) is 0.250. The third kappa shape index (κ3) is 4.92. The van der Waals surface area contributed by atoms with Gasteiger partial charge in [-0.1, -0.05) is 72.3 Å². The van der Waals surface area contributed by atoms with E-state index in [9.17, 15) is 9.90 Å². The van der Waals surface area contributed by atoms with Crippen molar-refractivity contribution >= 4 is 16.9 Å². The van der Waals surface area contributed by atoms with Gasteiger partial charge in [0, 0.05) is 29.6 Å². The number of carboxylic acids is 1. The predicted molar refractivity (Wildman–Crippen MR) is 130 cm³/mol. The van der Waals surface area contributed by atoms with E-state index in [0.717, 1.165) is 47.0 Å². The maximum absolute atomic E-state index is 12.4.